The molecule has 0 aliphatic heterocycles. The topological polar surface area (TPSA) is 81.3 Å². The molecule has 1 aliphatic carbocycles. The van der Waals surface area contributed by atoms with E-state index in [0.717, 1.165) is 0 Å². The van der Waals surface area contributed by atoms with Gasteiger partial charge in [-0.1, -0.05) is 0 Å². The highest BCUT2D eigenvalue weighted by atomic mass is 19.3. The van der Waals surface area contributed by atoms with Gasteiger partial charge in [0.25, 0.3) is 0 Å². The average molecular weight is 302 g/mol. The number of esters is 2. The summed E-state index contributed by atoms with van der Waals surface area (Å²) in [6.45, 7) is 3.50. The zero-order chi connectivity index (χ0) is 15.6. The minimum atomic E-state index is -2.78. The van der Waals surface area contributed by atoms with Crippen molar-refractivity contribution < 1.29 is 27.8 Å². The number of alkyl halides is 2. The normalized spacial score (nSPS) is 17.1. The Morgan fingerprint density at radius 3 is 2.33 bits per heavy atom. The second-order valence-electron chi connectivity index (χ2n) is 4.76. The lowest BCUT2D eigenvalue weighted by atomic mass is 9.75. The highest BCUT2D eigenvalue weighted by Gasteiger charge is 2.49. The van der Waals surface area contributed by atoms with Crippen molar-refractivity contribution in [1.29, 1.82) is 0 Å². The third-order valence-corrected chi connectivity index (χ3v) is 3.25. The number of nitrogens with zero attached hydrogens (tertiary/aromatic N) is 1. The number of hydrogen-bond donors (Lipinski definition) is 1. The number of rotatable bonds is 5. The second-order valence-corrected chi connectivity index (χ2v) is 4.76. The van der Waals surface area contributed by atoms with Crippen LogP contribution in [0, 0.1) is 0 Å². The average Bonchev–Trinajstić information content (AvgIpc) is 2.80. The summed E-state index contributed by atoms with van der Waals surface area (Å²) in [5.41, 5.74) is -0.0152. The molecule has 0 radical (unpaired) electrons. The fourth-order valence-electron chi connectivity index (χ4n) is 2.33. The summed E-state index contributed by atoms with van der Waals surface area (Å²) in [7, 11) is 0. The van der Waals surface area contributed by atoms with Gasteiger partial charge in [-0.05, 0) is 13.8 Å². The van der Waals surface area contributed by atoms with E-state index in [1.807, 2.05) is 0 Å². The van der Waals surface area contributed by atoms with E-state index in [1.165, 1.54) is 0 Å². The Balaban J connectivity index is 2.34. The summed E-state index contributed by atoms with van der Waals surface area (Å²) in [5.74, 6) is -4.85. The largest absolute Gasteiger partial charge is 0.461 e. The minimum Gasteiger partial charge on any atom is -0.461 e. The third kappa shape index (κ3) is 3.03. The number of ether oxygens (including phenoxy) is 2. The van der Waals surface area contributed by atoms with Gasteiger partial charge in [-0.3, -0.25) is 5.10 Å². The smallest absolute Gasteiger partial charge is 0.359 e. The molecule has 0 amide bonds. The molecule has 1 fully saturated rings. The van der Waals surface area contributed by atoms with Gasteiger partial charge in [0, 0.05) is 24.3 Å². The Morgan fingerprint density at radius 1 is 1.24 bits per heavy atom. The number of carbonyl (C=O) groups excluding carboxylic acids is 2. The van der Waals surface area contributed by atoms with Crippen molar-refractivity contribution in [2.45, 2.75) is 38.5 Å². The van der Waals surface area contributed by atoms with Crippen molar-refractivity contribution in [3.63, 3.8) is 0 Å². The van der Waals surface area contributed by atoms with Crippen LogP contribution in [0.25, 0.3) is 0 Å². The monoisotopic (exact) mass is 302 g/mol. The molecule has 0 bridgehead atoms. The SMILES string of the molecule is CCOC(=O)c1n[nH]c(C(=O)OCC)c1C1CC(F)(F)C1. The highest BCUT2D eigenvalue weighted by molar-refractivity contribution is 5.96. The molecular weight excluding hydrogens is 286 g/mol. The quantitative estimate of drug-likeness (QED) is 0.844. The van der Waals surface area contributed by atoms with Gasteiger partial charge in [0.2, 0.25) is 5.92 Å². The van der Waals surface area contributed by atoms with E-state index in [4.69, 9.17) is 9.47 Å². The van der Waals surface area contributed by atoms with Crippen molar-refractivity contribution in [2.75, 3.05) is 13.2 Å². The van der Waals surface area contributed by atoms with Crippen molar-refractivity contribution in [3.05, 3.63) is 17.0 Å². The minimum absolute atomic E-state index is 0.0552. The lowest BCUT2D eigenvalue weighted by Gasteiger charge is -2.35. The lowest BCUT2D eigenvalue weighted by molar-refractivity contribution is -0.0871. The van der Waals surface area contributed by atoms with E-state index in [9.17, 15) is 18.4 Å². The van der Waals surface area contributed by atoms with Crippen molar-refractivity contribution in [2.24, 2.45) is 0 Å². The van der Waals surface area contributed by atoms with Crippen LogP contribution in [-0.4, -0.2) is 41.3 Å². The van der Waals surface area contributed by atoms with Gasteiger partial charge in [-0.15, -0.1) is 0 Å². The molecule has 0 atom stereocenters. The van der Waals surface area contributed by atoms with Crippen LogP contribution in [-0.2, 0) is 9.47 Å². The lowest BCUT2D eigenvalue weighted by Crippen LogP contribution is -2.35. The molecule has 2 rings (SSSR count). The molecule has 1 saturated carbocycles. The molecule has 0 saturated heterocycles. The molecule has 1 aromatic rings. The number of nitrogens with one attached hydrogen (secondary N) is 1. The molecule has 1 aliphatic rings. The first-order valence-corrected chi connectivity index (χ1v) is 6.70. The van der Waals surface area contributed by atoms with Gasteiger partial charge >= 0.3 is 11.9 Å². The van der Waals surface area contributed by atoms with Crippen LogP contribution in [0.4, 0.5) is 8.78 Å². The maximum absolute atomic E-state index is 13.1. The highest BCUT2D eigenvalue weighted by Crippen LogP contribution is 2.49. The predicted octanol–water partition coefficient (Wildman–Crippen LogP) is 2.28. The Bertz CT molecular complexity index is 513. The van der Waals surface area contributed by atoms with Gasteiger partial charge in [-0.25, -0.2) is 18.4 Å². The third-order valence-electron chi connectivity index (χ3n) is 3.25. The molecule has 8 heteroatoms. The van der Waals surface area contributed by atoms with Crippen LogP contribution in [0.5, 0.6) is 0 Å². The summed E-state index contributed by atoms with van der Waals surface area (Å²) in [6, 6.07) is 0. The van der Waals surface area contributed by atoms with Gasteiger partial charge in [0.1, 0.15) is 5.69 Å². The molecule has 0 unspecified atom stereocenters. The Hall–Kier alpha value is -1.99. The van der Waals surface area contributed by atoms with E-state index in [2.05, 4.69) is 10.2 Å². The van der Waals surface area contributed by atoms with Crippen LogP contribution in [0.3, 0.4) is 0 Å². The zero-order valence-electron chi connectivity index (χ0n) is 11.7. The number of aromatic nitrogens is 2. The zero-order valence-corrected chi connectivity index (χ0v) is 11.7. The summed E-state index contributed by atoms with van der Waals surface area (Å²) < 4.78 is 35.8. The number of H-pyrrole nitrogens is 1. The van der Waals surface area contributed by atoms with E-state index in [0.29, 0.717) is 0 Å². The van der Waals surface area contributed by atoms with Gasteiger partial charge in [0.05, 0.1) is 13.2 Å². The molecule has 1 heterocycles. The molecule has 6 nitrogen and oxygen atoms in total. The molecule has 116 valence electrons. The van der Waals surface area contributed by atoms with Crippen molar-refractivity contribution >= 4 is 11.9 Å². The maximum atomic E-state index is 13.1. The molecule has 0 spiro atoms. The first-order chi connectivity index (χ1) is 9.89. The standard InChI is InChI=1S/C13H16F2N2O4/c1-3-20-11(18)9-8(7-5-13(14,15)6-7)10(17-16-9)12(19)21-4-2/h7H,3-6H2,1-2H3,(H,16,17). The predicted molar refractivity (Wildman–Crippen MR) is 67.4 cm³/mol. The van der Waals surface area contributed by atoms with Gasteiger partial charge in [0.15, 0.2) is 5.69 Å². The van der Waals surface area contributed by atoms with Crippen LogP contribution >= 0.6 is 0 Å². The molecule has 1 N–H and O–H groups in total. The van der Waals surface area contributed by atoms with E-state index >= 15 is 0 Å². The van der Waals surface area contributed by atoms with E-state index in [-0.39, 0.29) is 30.2 Å². The fourth-order valence-corrected chi connectivity index (χ4v) is 2.33. The summed E-state index contributed by atoms with van der Waals surface area (Å²) >= 11 is 0. The number of aromatic amines is 1. The molecule has 1 aromatic heterocycles. The summed E-state index contributed by atoms with van der Waals surface area (Å²) in [4.78, 5) is 23.7. The molecule has 0 aromatic carbocycles. The Kier molecular flexibility index (Phi) is 4.24. The maximum Gasteiger partial charge on any atom is 0.359 e. The van der Waals surface area contributed by atoms with Crippen molar-refractivity contribution in [1.82, 2.24) is 10.2 Å². The first kappa shape index (κ1) is 15.4. The van der Waals surface area contributed by atoms with Crippen LogP contribution < -0.4 is 0 Å². The van der Waals surface area contributed by atoms with Crippen LogP contribution in [0.1, 0.15) is 59.1 Å². The first-order valence-electron chi connectivity index (χ1n) is 6.70. The Labute approximate surface area is 119 Å². The number of halogens is 2. The van der Waals surface area contributed by atoms with Crippen LogP contribution in [0.15, 0.2) is 0 Å². The fraction of sp³-hybridized carbons (Fsp3) is 0.615. The number of hydrogen-bond acceptors (Lipinski definition) is 5. The summed E-state index contributed by atoms with van der Waals surface area (Å²) in [6.07, 6.45) is -0.851. The van der Waals surface area contributed by atoms with E-state index in [1.54, 1.807) is 13.8 Å². The van der Waals surface area contributed by atoms with E-state index < -0.39 is 36.6 Å². The van der Waals surface area contributed by atoms with Gasteiger partial charge in [-0.2, -0.15) is 5.10 Å². The number of carbonyl (C=O) groups is 2. The second kappa shape index (κ2) is 5.79. The van der Waals surface area contributed by atoms with Crippen molar-refractivity contribution in [3.8, 4) is 0 Å². The van der Waals surface area contributed by atoms with Crippen LogP contribution in [0.2, 0.25) is 0 Å². The Morgan fingerprint density at radius 2 is 1.81 bits per heavy atom. The summed E-state index contributed by atoms with van der Waals surface area (Å²) in [5, 5.41) is 6.15. The van der Waals surface area contributed by atoms with Gasteiger partial charge < -0.3 is 9.47 Å². The molecular formula is C13H16F2N2O4. The molecule has 21 heavy (non-hydrogen) atoms.